The lowest BCUT2D eigenvalue weighted by Gasteiger charge is -2.38. The van der Waals surface area contributed by atoms with E-state index >= 15 is 0 Å². The summed E-state index contributed by atoms with van der Waals surface area (Å²) in [6.07, 6.45) is 3.83. The number of carbonyl (C=O) groups excluding carboxylic acids is 1. The molecule has 1 atom stereocenters. The van der Waals surface area contributed by atoms with Crippen LogP contribution >= 0.6 is 0 Å². The van der Waals surface area contributed by atoms with E-state index in [0.29, 0.717) is 18.7 Å². The fraction of sp³-hybridized carbons (Fsp3) is 0.389. The zero-order valence-corrected chi connectivity index (χ0v) is 14.6. The number of carbonyl (C=O) groups is 1. The highest BCUT2D eigenvalue weighted by Crippen LogP contribution is 2.38. The molecule has 8 nitrogen and oxygen atoms in total. The predicted octanol–water partition coefficient (Wildman–Crippen LogP) is 1.03. The van der Waals surface area contributed by atoms with Crippen LogP contribution in [0.5, 0.6) is 11.6 Å². The lowest BCUT2D eigenvalue weighted by Crippen LogP contribution is -2.41. The quantitative estimate of drug-likeness (QED) is 0.710. The van der Waals surface area contributed by atoms with E-state index in [1.165, 1.54) is 26.5 Å². The van der Waals surface area contributed by atoms with Gasteiger partial charge in [0.05, 0.1) is 26.4 Å². The van der Waals surface area contributed by atoms with Crippen LogP contribution in [-0.4, -0.2) is 41.3 Å². The molecule has 0 aromatic carbocycles. The van der Waals surface area contributed by atoms with E-state index in [2.05, 4.69) is 15.3 Å². The Morgan fingerprint density at radius 1 is 1.35 bits per heavy atom. The van der Waals surface area contributed by atoms with Gasteiger partial charge in [-0.2, -0.15) is 0 Å². The van der Waals surface area contributed by atoms with Crippen LogP contribution in [0.4, 0.5) is 0 Å². The molecule has 3 N–H and O–H groups in total. The van der Waals surface area contributed by atoms with Gasteiger partial charge in [0.25, 0.3) is 5.91 Å². The first kappa shape index (κ1) is 17.9. The summed E-state index contributed by atoms with van der Waals surface area (Å²) in [4.78, 5) is 31.4. The first-order chi connectivity index (χ1) is 12.5. The first-order valence-corrected chi connectivity index (χ1v) is 8.27. The summed E-state index contributed by atoms with van der Waals surface area (Å²) in [6.45, 7) is 0. The van der Waals surface area contributed by atoms with Crippen molar-refractivity contribution in [3.8, 4) is 11.6 Å². The molecule has 3 rings (SSSR count). The van der Waals surface area contributed by atoms with Gasteiger partial charge in [-0.1, -0.05) is 6.07 Å². The summed E-state index contributed by atoms with van der Waals surface area (Å²) >= 11 is 0. The van der Waals surface area contributed by atoms with Gasteiger partial charge < -0.3 is 24.9 Å². The normalized spacial score (nSPS) is 20.0. The number of rotatable bonds is 6. The number of pyridine rings is 2. The third-order valence-corrected chi connectivity index (χ3v) is 4.58. The maximum Gasteiger partial charge on any atom is 0.268 e. The summed E-state index contributed by atoms with van der Waals surface area (Å²) in [5.74, 6) is 0.299. The number of methoxy groups -OCH3 is 2. The Labute approximate surface area is 150 Å². The summed E-state index contributed by atoms with van der Waals surface area (Å²) in [5, 5.41) is 12.6. The van der Waals surface area contributed by atoms with Crippen molar-refractivity contribution in [2.24, 2.45) is 5.92 Å². The minimum atomic E-state index is -0.410. The molecule has 0 saturated heterocycles. The molecular weight excluding hydrogens is 338 g/mol. The van der Waals surface area contributed by atoms with Crippen LogP contribution in [0.25, 0.3) is 0 Å². The van der Waals surface area contributed by atoms with E-state index < -0.39 is 5.91 Å². The van der Waals surface area contributed by atoms with E-state index in [4.69, 9.17) is 9.47 Å². The van der Waals surface area contributed by atoms with E-state index in [-0.39, 0.29) is 34.9 Å². The highest BCUT2D eigenvalue weighted by Gasteiger charge is 2.36. The Hall–Kier alpha value is -2.87. The third kappa shape index (κ3) is 3.70. The molecule has 2 aromatic heterocycles. The molecule has 0 aliphatic heterocycles. The average molecular weight is 359 g/mol. The van der Waals surface area contributed by atoms with Crippen LogP contribution in [0.1, 0.15) is 34.9 Å². The maximum atomic E-state index is 12.6. The van der Waals surface area contributed by atoms with Gasteiger partial charge in [0.2, 0.25) is 11.3 Å². The second-order valence-corrected chi connectivity index (χ2v) is 6.25. The molecule has 1 fully saturated rings. The minimum Gasteiger partial charge on any atom is -0.491 e. The van der Waals surface area contributed by atoms with E-state index in [1.54, 1.807) is 12.3 Å². The fourth-order valence-electron chi connectivity index (χ4n) is 3.04. The van der Waals surface area contributed by atoms with Crippen molar-refractivity contribution >= 4 is 5.91 Å². The van der Waals surface area contributed by atoms with E-state index in [9.17, 15) is 14.7 Å². The Morgan fingerprint density at radius 3 is 2.65 bits per heavy atom. The molecular formula is C18H21N3O5. The Kier molecular flexibility index (Phi) is 5.22. The lowest BCUT2D eigenvalue weighted by molar-refractivity contribution is 0.0234. The van der Waals surface area contributed by atoms with Crippen LogP contribution in [0.3, 0.4) is 0 Å². The van der Waals surface area contributed by atoms with Crippen molar-refractivity contribution in [3.63, 3.8) is 0 Å². The number of nitrogens with zero attached hydrogens (tertiary/aromatic N) is 1. The van der Waals surface area contributed by atoms with Crippen LogP contribution in [0.15, 0.2) is 35.4 Å². The van der Waals surface area contributed by atoms with Gasteiger partial charge in [-0.25, -0.2) is 4.98 Å². The van der Waals surface area contributed by atoms with Gasteiger partial charge in [0, 0.05) is 24.5 Å². The Balaban J connectivity index is 1.81. The highest BCUT2D eigenvalue weighted by molar-refractivity contribution is 5.92. The second-order valence-electron chi connectivity index (χ2n) is 6.25. The van der Waals surface area contributed by atoms with Crippen molar-refractivity contribution < 1.29 is 19.4 Å². The Morgan fingerprint density at radius 2 is 2.12 bits per heavy atom. The zero-order chi connectivity index (χ0) is 18.7. The van der Waals surface area contributed by atoms with Crippen molar-refractivity contribution in [1.29, 1.82) is 0 Å². The van der Waals surface area contributed by atoms with Gasteiger partial charge in [-0.15, -0.1) is 0 Å². The van der Waals surface area contributed by atoms with Gasteiger partial charge in [0.15, 0.2) is 5.75 Å². The molecule has 0 bridgehead atoms. The second kappa shape index (κ2) is 7.57. The standard InChI is InChI=1S/C18H21N3O5/c1-25-15-9-19-13(7-14(15)23)18(24)21-17(11-5-12(22)6-11)10-3-4-16(26-2)20-8-10/h3-4,7-9,11-12,17,22H,5-6H2,1-2H3,(H,19,23)(H,21,24). The van der Waals surface area contributed by atoms with Crippen molar-refractivity contribution in [2.75, 3.05) is 14.2 Å². The number of ether oxygens (including phenoxy) is 2. The summed E-state index contributed by atoms with van der Waals surface area (Å²) in [6, 6.07) is 4.43. The lowest BCUT2D eigenvalue weighted by atomic mass is 9.75. The average Bonchev–Trinajstić information content (AvgIpc) is 2.63. The molecule has 0 spiro atoms. The maximum absolute atomic E-state index is 12.6. The molecule has 2 heterocycles. The number of amides is 1. The van der Waals surface area contributed by atoms with Gasteiger partial charge >= 0.3 is 0 Å². The first-order valence-electron chi connectivity index (χ1n) is 8.27. The Bertz CT molecular complexity index is 827. The van der Waals surface area contributed by atoms with E-state index in [0.717, 1.165) is 5.56 Å². The molecule has 138 valence electrons. The van der Waals surface area contributed by atoms with Crippen LogP contribution < -0.4 is 20.2 Å². The number of aliphatic hydroxyl groups excluding tert-OH is 1. The molecule has 1 amide bonds. The van der Waals surface area contributed by atoms with Crippen LogP contribution in [-0.2, 0) is 0 Å². The number of aliphatic hydroxyl groups is 1. The third-order valence-electron chi connectivity index (χ3n) is 4.58. The summed E-state index contributed by atoms with van der Waals surface area (Å²) < 4.78 is 9.97. The van der Waals surface area contributed by atoms with Crippen molar-refractivity contribution in [1.82, 2.24) is 15.3 Å². The molecule has 1 unspecified atom stereocenters. The molecule has 2 aromatic rings. The molecule has 26 heavy (non-hydrogen) atoms. The number of nitrogens with one attached hydrogen (secondary N) is 2. The van der Waals surface area contributed by atoms with Gasteiger partial charge in [-0.3, -0.25) is 9.59 Å². The summed E-state index contributed by atoms with van der Waals surface area (Å²) in [7, 11) is 2.92. The monoisotopic (exact) mass is 359 g/mol. The van der Waals surface area contributed by atoms with Gasteiger partial charge in [-0.05, 0) is 24.3 Å². The summed E-state index contributed by atoms with van der Waals surface area (Å²) in [5.41, 5.74) is 0.576. The molecule has 1 saturated carbocycles. The largest absolute Gasteiger partial charge is 0.491 e. The molecule has 0 radical (unpaired) electrons. The fourth-order valence-corrected chi connectivity index (χ4v) is 3.04. The van der Waals surface area contributed by atoms with Crippen molar-refractivity contribution in [2.45, 2.75) is 25.0 Å². The predicted molar refractivity (Wildman–Crippen MR) is 93.3 cm³/mol. The molecule has 8 heteroatoms. The van der Waals surface area contributed by atoms with Crippen LogP contribution in [0.2, 0.25) is 0 Å². The SMILES string of the molecule is COc1ccc(C(NC(=O)c2cc(=O)c(OC)c[nH]2)C2CC(O)C2)cn1. The smallest absolute Gasteiger partial charge is 0.268 e. The molecule has 1 aliphatic carbocycles. The number of aromatic amines is 1. The number of H-pyrrole nitrogens is 1. The van der Waals surface area contributed by atoms with Crippen LogP contribution in [0, 0.1) is 5.92 Å². The minimum absolute atomic E-state index is 0.0918. The van der Waals surface area contributed by atoms with Crippen molar-refractivity contribution in [3.05, 3.63) is 52.1 Å². The highest BCUT2D eigenvalue weighted by atomic mass is 16.5. The zero-order valence-electron chi connectivity index (χ0n) is 14.6. The van der Waals surface area contributed by atoms with E-state index in [1.807, 2.05) is 6.07 Å². The topological polar surface area (TPSA) is 114 Å². The molecule has 1 aliphatic rings. The number of hydrogen-bond acceptors (Lipinski definition) is 6. The number of aromatic nitrogens is 2. The van der Waals surface area contributed by atoms with Gasteiger partial charge in [0.1, 0.15) is 5.69 Å². The number of hydrogen-bond donors (Lipinski definition) is 3.